The zero-order valence-electron chi connectivity index (χ0n) is 15.8. The van der Waals surface area contributed by atoms with Gasteiger partial charge in [0.25, 0.3) is 11.8 Å². The fourth-order valence-corrected chi connectivity index (χ4v) is 5.86. The molecular formula is C18H17N3O8S. The Balaban J connectivity index is 1.70. The number of carbonyl (C=O) groups excluding carboxylic acids is 3. The number of rotatable bonds is 3. The van der Waals surface area contributed by atoms with Crippen molar-refractivity contribution in [2.75, 3.05) is 0 Å². The van der Waals surface area contributed by atoms with Crippen molar-refractivity contribution in [3.63, 3.8) is 0 Å². The third-order valence-electron chi connectivity index (χ3n) is 5.48. The van der Waals surface area contributed by atoms with E-state index < -0.39 is 58.2 Å². The van der Waals surface area contributed by atoms with Gasteiger partial charge in [-0.2, -0.15) is 0 Å². The van der Waals surface area contributed by atoms with E-state index in [-0.39, 0.29) is 11.3 Å². The van der Waals surface area contributed by atoms with Crippen LogP contribution in [0, 0.1) is 0 Å². The summed E-state index contributed by atoms with van der Waals surface area (Å²) in [7, 11) is 0. The van der Waals surface area contributed by atoms with Crippen LogP contribution >= 0.6 is 11.8 Å². The maximum absolute atomic E-state index is 13.1. The lowest BCUT2D eigenvalue weighted by Crippen LogP contribution is -2.71. The molecule has 0 aromatic heterocycles. The Kier molecular flexibility index (Phi) is 4.24. The van der Waals surface area contributed by atoms with Gasteiger partial charge in [0.1, 0.15) is 23.2 Å². The minimum atomic E-state index is -1.67. The number of aromatic hydroxyl groups is 1. The highest BCUT2D eigenvalue weighted by Crippen LogP contribution is 2.53. The van der Waals surface area contributed by atoms with Gasteiger partial charge in [-0.1, -0.05) is 12.1 Å². The maximum atomic E-state index is 13.1. The van der Waals surface area contributed by atoms with Crippen molar-refractivity contribution in [1.82, 2.24) is 14.7 Å². The molecule has 158 valence electrons. The molecule has 0 bridgehead atoms. The fourth-order valence-electron chi connectivity index (χ4n) is 4.19. The van der Waals surface area contributed by atoms with Crippen molar-refractivity contribution in [2.45, 2.75) is 42.1 Å². The molecule has 3 aliphatic heterocycles. The van der Waals surface area contributed by atoms with Gasteiger partial charge in [0.15, 0.2) is 6.04 Å². The molecular weight excluding hydrogens is 418 g/mol. The molecule has 1 unspecified atom stereocenters. The summed E-state index contributed by atoms with van der Waals surface area (Å²) >= 11 is 1.14. The van der Waals surface area contributed by atoms with E-state index >= 15 is 0 Å². The zero-order chi connectivity index (χ0) is 22.1. The van der Waals surface area contributed by atoms with E-state index in [0.29, 0.717) is 9.80 Å². The number of nitrogens with zero attached hydrogens (tertiary/aromatic N) is 3. The van der Waals surface area contributed by atoms with E-state index in [1.807, 2.05) is 0 Å². The summed E-state index contributed by atoms with van der Waals surface area (Å²) in [6.07, 6.45) is -1.67. The summed E-state index contributed by atoms with van der Waals surface area (Å²) < 4.78 is -0.866. The van der Waals surface area contributed by atoms with Crippen LogP contribution in [-0.4, -0.2) is 82.1 Å². The van der Waals surface area contributed by atoms with Crippen LogP contribution in [0.1, 0.15) is 25.5 Å². The Labute approximate surface area is 173 Å². The number of amides is 5. The molecule has 0 saturated carbocycles. The summed E-state index contributed by atoms with van der Waals surface area (Å²) in [6.45, 7) is 3.30. The Bertz CT molecular complexity index is 994. The molecule has 3 fully saturated rings. The number of fused-ring (bicyclic) bond motifs is 1. The fraction of sp³-hybridized carbons (Fsp3) is 0.389. The number of hydrogen-bond acceptors (Lipinski definition) is 7. The molecule has 3 saturated heterocycles. The van der Waals surface area contributed by atoms with E-state index in [4.69, 9.17) is 0 Å². The Hall–Kier alpha value is -3.28. The number of benzene rings is 1. The van der Waals surface area contributed by atoms with Gasteiger partial charge >= 0.3 is 18.1 Å². The summed E-state index contributed by atoms with van der Waals surface area (Å²) in [4.78, 5) is 64.2. The van der Waals surface area contributed by atoms with Gasteiger partial charge in [-0.05, 0) is 31.5 Å². The summed E-state index contributed by atoms with van der Waals surface area (Å²) in [5.74, 6) is -2.93. The molecule has 1 aromatic carbocycles. The summed E-state index contributed by atoms with van der Waals surface area (Å²) in [5.41, 5.74) is 0.155. The van der Waals surface area contributed by atoms with Crippen LogP contribution in [0.15, 0.2) is 24.3 Å². The maximum Gasteiger partial charge on any atom is 0.416 e. The predicted octanol–water partition coefficient (Wildman–Crippen LogP) is 0.891. The second kappa shape index (κ2) is 6.36. The normalized spacial score (nSPS) is 29.8. The molecule has 5 amide bonds. The molecule has 12 heteroatoms. The van der Waals surface area contributed by atoms with Crippen LogP contribution < -0.4 is 0 Å². The van der Waals surface area contributed by atoms with Gasteiger partial charge in [0, 0.05) is 4.75 Å². The number of carboxylic acids is 1. The summed E-state index contributed by atoms with van der Waals surface area (Å²) in [6, 6.07) is 0.0290. The molecule has 3 heterocycles. The van der Waals surface area contributed by atoms with Gasteiger partial charge in [-0.25, -0.2) is 24.2 Å². The lowest BCUT2D eigenvalue weighted by Gasteiger charge is -2.46. The Morgan fingerprint density at radius 3 is 2.17 bits per heavy atom. The first-order chi connectivity index (χ1) is 14.0. The lowest BCUT2D eigenvalue weighted by molar-refractivity contribution is -0.165. The number of urea groups is 1. The third-order valence-corrected chi connectivity index (χ3v) is 7.04. The number of hydrogen-bond donors (Lipinski definition) is 3. The van der Waals surface area contributed by atoms with E-state index in [2.05, 4.69) is 0 Å². The van der Waals surface area contributed by atoms with E-state index in [9.17, 15) is 39.3 Å². The monoisotopic (exact) mass is 435 g/mol. The minimum Gasteiger partial charge on any atom is -0.508 e. The highest BCUT2D eigenvalue weighted by molar-refractivity contribution is 8.01. The second-order valence-electron chi connectivity index (χ2n) is 7.68. The van der Waals surface area contributed by atoms with Crippen molar-refractivity contribution in [3.05, 3.63) is 29.8 Å². The smallest absolute Gasteiger partial charge is 0.416 e. The minimum absolute atomic E-state index is 0.108. The van der Waals surface area contributed by atoms with Crippen LogP contribution in [0.3, 0.4) is 0 Å². The number of phenolic OH excluding ortho intramolecular Hbond substituents is 1. The van der Waals surface area contributed by atoms with Crippen LogP contribution in [0.4, 0.5) is 9.59 Å². The highest BCUT2D eigenvalue weighted by atomic mass is 32.2. The number of β-lactam (4-membered cyclic amide) rings is 1. The zero-order valence-corrected chi connectivity index (χ0v) is 16.6. The molecule has 30 heavy (non-hydrogen) atoms. The first-order valence-electron chi connectivity index (χ1n) is 8.88. The van der Waals surface area contributed by atoms with Gasteiger partial charge in [0.05, 0.1) is 0 Å². The SMILES string of the molecule is CC1(C)S[C@@H]2[C@H](N3C(=O)C(c4ccc(O)cc4)N(C(=O)O)C3=O)C(=O)N2[C@H]1C(=O)O. The topological polar surface area (TPSA) is 156 Å². The molecule has 4 atom stereocenters. The quantitative estimate of drug-likeness (QED) is 0.463. The largest absolute Gasteiger partial charge is 0.508 e. The molecule has 0 spiro atoms. The van der Waals surface area contributed by atoms with Crippen LogP contribution in [-0.2, 0) is 14.4 Å². The van der Waals surface area contributed by atoms with Crippen molar-refractivity contribution >= 4 is 41.7 Å². The van der Waals surface area contributed by atoms with Crippen molar-refractivity contribution in [2.24, 2.45) is 0 Å². The Morgan fingerprint density at radius 2 is 1.63 bits per heavy atom. The number of carbonyl (C=O) groups is 5. The number of thioether (sulfide) groups is 1. The Morgan fingerprint density at radius 1 is 1.03 bits per heavy atom. The van der Waals surface area contributed by atoms with Crippen LogP contribution in [0.2, 0.25) is 0 Å². The van der Waals surface area contributed by atoms with E-state index in [0.717, 1.165) is 16.7 Å². The molecule has 0 aliphatic carbocycles. The van der Waals surface area contributed by atoms with Gasteiger partial charge in [-0.15, -0.1) is 11.8 Å². The van der Waals surface area contributed by atoms with Crippen molar-refractivity contribution in [3.8, 4) is 5.75 Å². The standard InChI is InChI=1S/C18H17N3O8S/c1-18(2)11(15(25)26)21-13(24)10(14(21)30-18)19-12(23)9(20(16(19)27)17(28)29)7-3-5-8(22)6-4-7/h3-6,9-11,14,22H,1-2H3,(H,25,26)(H,28,29)/t9?,10-,11+,14-/m1/s1. The second-order valence-corrected chi connectivity index (χ2v) is 9.45. The van der Waals surface area contributed by atoms with Crippen LogP contribution in [0.5, 0.6) is 5.75 Å². The molecule has 3 N–H and O–H groups in total. The first kappa shape index (κ1) is 20.0. The average Bonchev–Trinajstić information content (AvgIpc) is 3.05. The molecule has 0 radical (unpaired) electrons. The van der Waals surface area contributed by atoms with Crippen LogP contribution in [0.25, 0.3) is 0 Å². The van der Waals surface area contributed by atoms with Gasteiger partial charge < -0.3 is 20.2 Å². The van der Waals surface area contributed by atoms with Gasteiger partial charge in [-0.3, -0.25) is 9.59 Å². The summed E-state index contributed by atoms with van der Waals surface area (Å²) in [5, 5.41) is 27.7. The van der Waals surface area contributed by atoms with Gasteiger partial charge in [0.2, 0.25) is 0 Å². The van der Waals surface area contributed by atoms with Crippen molar-refractivity contribution < 1.29 is 39.3 Å². The van der Waals surface area contributed by atoms with E-state index in [1.165, 1.54) is 24.3 Å². The number of aliphatic carboxylic acids is 1. The predicted molar refractivity (Wildman–Crippen MR) is 100 cm³/mol. The highest BCUT2D eigenvalue weighted by Gasteiger charge is 2.69. The lowest BCUT2D eigenvalue weighted by atomic mass is 9.95. The van der Waals surface area contributed by atoms with E-state index in [1.54, 1.807) is 13.8 Å². The molecule has 11 nitrogen and oxygen atoms in total. The molecule has 3 aliphatic rings. The third kappa shape index (κ3) is 2.56. The number of imide groups is 2. The number of carboxylic acid groups (broad SMARTS) is 2. The average molecular weight is 435 g/mol. The van der Waals surface area contributed by atoms with Crippen molar-refractivity contribution in [1.29, 1.82) is 0 Å². The molecule has 1 aromatic rings. The molecule has 4 rings (SSSR count). The number of phenols is 1. The first-order valence-corrected chi connectivity index (χ1v) is 9.76.